The second kappa shape index (κ2) is 4.76. The minimum Gasteiger partial charge on any atom is -0.368 e. The molecule has 0 aromatic heterocycles. The van der Waals surface area contributed by atoms with Crippen LogP contribution in [0.2, 0.25) is 0 Å². The maximum Gasteiger partial charge on any atom is 0.259 e. The number of carbonyl (C=O) groups is 2. The van der Waals surface area contributed by atoms with Crippen molar-refractivity contribution in [3.8, 4) is 0 Å². The molecule has 100 valence electrons. The van der Waals surface area contributed by atoms with Crippen LogP contribution in [0.3, 0.4) is 0 Å². The first-order valence-electron chi connectivity index (χ1n) is 6.07. The fourth-order valence-electron chi connectivity index (χ4n) is 2.46. The minimum atomic E-state index is -0.750. The highest BCUT2D eigenvalue weighted by molar-refractivity contribution is 9.10. The summed E-state index contributed by atoms with van der Waals surface area (Å²) < 4.78 is 0.904. The van der Waals surface area contributed by atoms with Crippen LogP contribution in [0.1, 0.15) is 22.0 Å². The monoisotopic (exact) mass is 330 g/mol. The van der Waals surface area contributed by atoms with E-state index in [0.29, 0.717) is 16.8 Å². The zero-order valence-corrected chi connectivity index (χ0v) is 12.0. The molecule has 20 heavy (non-hydrogen) atoms. The van der Waals surface area contributed by atoms with Crippen molar-refractivity contribution >= 4 is 33.4 Å². The number of nitrogens with two attached hydrogens (primary N) is 1. The molecule has 1 aliphatic heterocycles. The van der Waals surface area contributed by atoms with Crippen molar-refractivity contribution < 1.29 is 9.59 Å². The topological polar surface area (TPSA) is 63.4 Å². The van der Waals surface area contributed by atoms with Crippen LogP contribution < -0.4 is 10.6 Å². The molecule has 2 amide bonds. The van der Waals surface area contributed by atoms with Gasteiger partial charge in [-0.3, -0.25) is 14.5 Å². The van der Waals surface area contributed by atoms with Crippen LogP contribution in [-0.4, -0.2) is 11.8 Å². The van der Waals surface area contributed by atoms with E-state index in [1.807, 2.05) is 12.1 Å². The number of primary amides is 1. The van der Waals surface area contributed by atoms with Gasteiger partial charge in [-0.25, -0.2) is 0 Å². The summed E-state index contributed by atoms with van der Waals surface area (Å²) in [7, 11) is 0. The molecule has 1 atom stereocenters. The molecular weight excluding hydrogens is 320 g/mol. The number of rotatable bonds is 2. The minimum absolute atomic E-state index is 0.202. The van der Waals surface area contributed by atoms with Crippen LogP contribution in [0.15, 0.2) is 53.0 Å². The average Bonchev–Trinajstić information content (AvgIpc) is 2.74. The summed E-state index contributed by atoms with van der Waals surface area (Å²) in [6.45, 7) is 0. The number of amides is 2. The molecule has 5 heteroatoms. The fourth-order valence-corrected chi connectivity index (χ4v) is 2.73. The van der Waals surface area contributed by atoms with E-state index in [-0.39, 0.29) is 5.91 Å². The largest absolute Gasteiger partial charge is 0.368 e. The quantitative estimate of drug-likeness (QED) is 0.919. The molecular formula is C15H11BrN2O2. The van der Waals surface area contributed by atoms with Gasteiger partial charge in [0.25, 0.3) is 5.91 Å². The molecule has 4 nitrogen and oxygen atoms in total. The Morgan fingerprint density at radius 2 is 1.75 bits per heavy atom. The SMILES string of the molecule is NC(=O)C1c2ccccc2C(=O)N1c1ccc(Br)cc1. The van der Waals surface area contributed by atoms with Gasteiger partial charge in [-0.05, 0) is 35.9 Å². The van der Waals surface area contributed by atoms with Crippen molar-refractivity contribution in [3.05, 3.63) is 64.1 Å². The maximum atomic E-state index is 12.5. The zero-order chi connectivity index (χ0) is 14.3. The van der Waals surface area contributed by atoms with E-state index in [0.717, 1.165) is 4.47 Å². The van der Waals surface area contributed by atoms with E-state index in [4.69, 9.17) is 5.73 Å². The number of carbonyl (C=O) groups excluding carboxylic acids is 2. The van der Waals surface area contributed by atoms with E-state index >= 15 is 0 Å². The standard InChI is InChI=1S/C15H11BrN2O2/c16-9-5-7-10(8-6-9)18-13(14(17)19)11-3-1-2-4-12(11)15(18)20/h1-8,13H,(H2,17,19). The summed E-state index contributed by atoms with van der Waals surface area (Å²) >= 11 is 3.35. The summed E-state index contributed by atoms with van der Waals surface area (Å²) in [6.07, 6.45) is 0. The average molecular weight is 331 g/mol. The predicted octanol–water partition coefficient (Wildman–Crippen LogP) is 2.64. The molecule has 1 unspecified atom stereocenters. The lowest BCUT2D eigenvalue weighted by Crippen LogP contribution is -2.36. The summed E-state index contributed by atoms with van der Waals surface area (Å²) in [6, 6.07) is 13.5. The van der Waals surface area contributed by atoms with Gasteiger partial charge in [0.05, 0.1) is 0 Å². The summed E-state index contributed by atoms with van der Waals surface area (Å²) in [5, 5.41) is 0. The van der Waals surface area contributed by atoms with Gasteiger partial charge in [-0.2, -0.15) is 0 Å². The first kappa shape index (κ1) is 12.9. The van der Waals surface area contributed by atoms with Crippen LogP contribution in [0.4, 0.5) is 5.69 Å². The number of hydrogen-bond acceptors (Lipinski definition) is 2. The lowest BCUT2D eigenvalue weighted by molar-refractivity contribution is -0.119. The maximum absolute atomic E-state index is 12.5. The number of halogens is 1. The summed E-state index contributed by atoms with van der Waals surface area (Å²) in [5.41, 5.74) is 7.33. The molecule has 0 bridgehead atoms. The summed E-state index contributed by atoms with van der Waals surface area (Å²) in [4.78, 5) is 25.7. The van der Waals surface area contributed by atoms with Gasteiger partial charge in [0.1, 0.15) is 6.04 Å². The van der Waals surface area contributed by atoms with Crippen LogP contribution >= 0.6 is 15.9 Å². The van der Waals surface area contributed by atoms with E-state index in [1.54, 1.807) is 36.4 Å². The van der Waals surface area contributed by atoms with Crippen molar-refractivity contribution in [3.63, 3.8) is 0 Å². The molecule has 2 aromatic carbocycles. The van der Waals surface area contributed by atoms with E-state index in [1.165, 1.54) is 4.90 Å². The molecule has 1 heterocycles. The Morgan fingerprint density at radius 1 is 1.10 bits per heavy atom. The molecule has 0 fully saturated rings. The van der Waals surface area contributed by atoms with E-state index in [2.05, 4.69) is 15.9 Å². The Kier molecular flexibility index (Phi) is 3.06. The molecule has 0 saturated carbocycles. The first-order chi connectivity index (χ1) is 9.59. The third kappa shape index (κ3) is 1.91. The Labute approximate surface area is 124 Å². The Hall–Kier alpha value is -2.14. The first-order valence-corrected chi connectivity index (χ1v) is 6.86. The van der Waals surface area contributed by atoms with E-state index < -0.39 is 11.9 Å². The van der Waals surface area contributed by atoms with Gasteiger partial charge in [-0.1, -0.05) is 34.1 Å². The highest BCUT2D eigenvalue weighted by Gasteiger charge is 2.40. The predicted molar refractivity (Wildman–Crippen MR) is 79.3 cm³/mol. The smallest absolute Gasteiger partial charge is 0.259 e. The Balaban J connectivity index is 2.14. The molecule has 1 aliphatic rings. The normalized spacial score (nSPS) is 17.1. The number of hydrogen-bond donors (Lipinski definition) is 1. The third-order valence-corrected chi connectivity index (χ3v) is 3.87. The molecule has 2 aromatic rings. The van der Waals surface area contributed by atoms with Gasteiger partial charge in [-0.15, -0.1) is 0 Å². The zero-order valence-electron chi connectivity index (χ0n) is 10.4. The van der Waals surface area contributed by atoms with Crippen molar-refractivity contribution in [1.82, 2.24) is 0 Å². The molecule has 0 radical (unpaired) electrons. The van der Waals surface area contributed by atoms with Gasteiger partial charge < -0.3 is 5.73 Å². The number of nitrogens with zero attached hydrogens (tertiary/aromatic N) is 1. The number of anilines is 1. The Morgan fingerprint density at radius 3 is 2.40 bits per heavy atom. The molecule has 0 spiro atoms. The second-order valence-corrected chi connectivity index (χ2v) is 5.46. The van der Waals surface area contributed by atoms with Crippen molar-refractivity contribution in [2.75, 3.05) is 4.90 Å². The lowest BCUT2D eigenvalue weighted by atomic mass is 10.0. The number of benzene rings is 2. The molecule has 0 saturated heterocycles. The fraction of sp³-hybridized carbons (Fsp3) is 0.0667. The highest BCUT2D eigenvalue weighted by atomic mass is 79.9. The molecule has 0 aliphatic carbocycles. The van der Waals surface area contributed by atoms with Crippen LogP contribution in [0.5, 0.6) is 0 Å². The second-order valence-electron chi connectivity index (χ2n) is 4.54. The van der Waals surface area contributed by atoms with Gasteiger partial charge in [0.15, 0.2) is 0 Å². The van der Waals surface area contributed by atoms with Crippen molar-refractivity contribution in [2.45, 2.75) is 6.04 Å². The third-order valence-electron chi connectivity index (χ3n) is 3.34. The van der Waals surface area contributed by atoms with Gasteiger partial charge >= 0.3 is 0 Å². The number of fused-ring (bicyclic) bond motifs is 1. The lowest BCUT2D eigenvalue weighted by Gasteiger charge is -2.22. The molecule has 2 N–H and O–H groups in total. The van der Waals surface area contributed by atoms with Gasteiger partial charge in [0, 0.05) is 15.7 Å². The summed E-state index contributed by atoms with van der Waals surface area (Å²) in [5.74, 6) is -0.738. The van der Waals surface area contributed by atoms with Crippen LogP contribution in [-0.2, 0) is 4.79 Å². The van der Waals surface area contributed by atoms with Crippen LogP contribution in [0.25, 0.3) is 0 Å². The van der Waals surface area contributed by atoms with Crippen LogP contribution in [0, 0.1) is 0 Å². The molecule has 3 rings (SSSR count). The van der Waals surface area contributed by atoms with Gasteiger partial charge in [0.2, 0.25) is 5.91 Å². The highest BCUT2D eigenvalue weighted by Crippen LogP contribution is 2.37. The van der Waals surface area contributed by atoms with E-state index in [9.17, 15) is 9.59 Å². The van der Waals surface area contributed by atoms with Crippen molar-refractivity contribution in [1.29, 1.82) is 0 Å². The van der Waals surface area contributed by atoms with Crippen molar-refractivity contribution in [2.24, 2.45) is 5.73 Å². The Bertz CT molecular complexity index is 697.